The fourth-order valence-corrected chi connectivity index (χ4v) is 1.64. The zero-order valence-corrected chi connectivity index (χ0v) is 11.4. The van der Waals surface area contributed by atoms with Gasteiger partial charge in [-0.05, 0) is 12.1 Å². The van der Waals surface area contributed by atoms with E-state index in [-0.39, 0.29) is 12.1 Å². The van der Waals surface area contributed by atoms with Crippen LogP contribution in [0.2, 0.25) is 0 Å². The molecule has 0 unspecified atom stereocenters. The third kappa shape index (κ3) is 3.16. The Bertz CT molecular complexity index is 836. The van der Waals surface area contributed by atoms with Crippen molar-refractivity contribution in [3.8, 4) is 0 Å². The normalized spacial score (nSPS) is 10.7. The van der Waals surface area contributed by atoms with E-state index in [2.05, 4.69) is 4.74 Å². The van der Waals surface area contributed by atoms with Gasteiger partial charge in [0.2, 0.25) is 0 Å². The summed E-state index contributed by atoms with van der Waals surface area (Å²) in [7, 11) is 0. The van der Waals surface area contributed by atoms with Crippen molar-refractivity contribution in [3.63, 3.8) is 0 Å². The summed E-state index contributed by atoms with van der Waals surface area (Å²) in [5.41, 5.74) is -3.18. The number of carbonyl (C=O) groups excluding carboxylic acids is 2. The Kier molecular flexibility index (Phi) is 4.77. The molecule has 0 aliphatic heterocycles. The maximum absolute atomic E-state index is 13.4. The summed E-state index contributed by atoms with van der Waals surface area (Å²) in [6, 6.07) is -0.322. The van der Waals surface area contributed by atoms with Crippen LogP contribution in [0.1, 0.15) is 20.7 Å². The molecule has 0 bridgehead atoms. The number of esters is 2. The van der Waals surface area contributed by atoms with E-state index in [1.165, 1.54) is 0 Å². The Labute approximate surface area is 132 Å². The Hall–Kier alpha value is -2.98. The summed E-state index contributed by atoms with van der Waals surface area (Å²) >= 11 is 0. The molecule has 0 radical (unpaired) electrons. The summed E-state index contributed by atoms with van der Waals surface area (Å²) in [5, 5.41) is 0. The molecule has 0 N–H and O–H groups in total. The van der Waals surface area contributed by atoms with Crippen LogP contribution in [0.5, 0.6) is 0 Å². The Morgan fingerprint density at radius 3 is 1.20 bits per heavy atom. The van der Waals surface area contributed by atoms with Crippen LogP contribution in [-0.4, -0.2) is 11.9 Å². The lowest BCUT2D eigenvalue weighted by Gasteiger charge is -2.07. The van der Waals surface area contributed by atoms with Gasteiger partial charge in [0, 0.05) is 0 Å². The molecule has 0 spiro atoms. The lowest BCUT2D eigenvalue weighted by Crippen LogP contribution is -2.18. The van der Waals surface area contributed by atoms with Crippen molar-refractivity contribution in [2.24, 2.45) is 0 Å². The van der Waals surface area contributed by atoms with Crippen molar-refractivity contribution >= 4 is 11.9 Å². The molecule has 0 aliphatic carbocycles. The average molecular weight is 370 g/mol. The summed E-state index contributed by atoms with van der Waals surface area (Å²) < 4.78 is 108. The first-order valence-corrected chi connectivity index (χ1v) is 5.98. The number of hydrogen-bond acceptors (Lipinski definition) is 3. The van der Waals surface area contributed by atoms with Crippen LogP contribution < -0.4 is 0 Å². The maximum atomic E-state index is 13.4. The van der Waals surface area contributed by atoms with Crippen molar-refractivity contribution in [2.75, 3.05) is 0 Å². The van der Waals surface area contributed by atoms with E-state index >= 15 is 0 Å². The zero-order chi connectivity index (χ0) is 19.0. The second-order valence-corrected chi connectivity index (χ2v) is 4.37. The molecular weight excluding hydrogens is 368 g/mol. The van der Waals surface area contributed by atoms with Gasteiger partial charge in [0.05, 0.1) is 0 Å². The van der Waals surface area contributed by atoms with Crippen molar-refractivity contribution in [3.05, 3.63) is 69.8 Å². The second-order valence-electron chi connectivity index (χ2n) is 4.37. The third-order valence-electron chi connectivity index (χ3n) is 2.83. The Morgan fingerprint density at radius 1 is 0.560 bits per heavy atom. The minimum Gasteiger partial charge on any atom is -0.386 e. The van der Waals surface area contributed by atoms with Gasteiger partial charge in [-0.25, -0.2) is 44.7 Å². The second kappa shape index (κ2) is 6.49. The Morgan fingerprint density at radius 2 is 0.880 bits per heavy atom. The molecule has 0 saturated heterocycles. The van der Waals surface area contributed by atoms with Gasteiger partial charge < -0.3 is 4.74 Å². The smallest absolute Gasteiger partial charge is 0.349 e. The molecule has 0 atom stereocenters. The fraction of sp³-hybridized carbons (Fsp3) is 0. The third-order valence-corrected chi connectivity index (χ3v) is 2.83. The number of carbonyl (C=O) groups is 2. The molecular formula is C14H2F8O3. The minimum absolute atomic E-state index is 0.161. The molecule has 3 nitrogen and oxygen atoms in total. The maximum Gasteiger partial charge on any atom is 0.349 e. The SMILES string of the molecule is O=C(OC(=O)c1cc(F)c(F)c(F)c1F)c1cc(F)c(F)c(F)c1F. The van der Waals surface area contributed by atoms with Gasteiger partial charge in [-0.15, -0.1) is 0 Å². The van der Waals surface area contributed by atoms with E-state index in [1.54, 1.807) is 0 Å². The highest BCUT2D eigenvalue weighted by Crippen LogP contribution is 2.22. The number of hydrogen-bond donors (Lipinski definition) is 0. The quantitative estimate of drug-likeness (QED) is 0.266. The molecule has 11 heteroatoms. The fourth-order valence-electron chi connectivity index (χ4n) is 1.64. The lowest BCUT2D eigenvalue weighted by atomic mass is 10.1. The van der Waals surface area contributed by atoms with Crippen LogP contribution in [0.25, 0.3) is 0 Å². The summed E-state index contributed by atoms with van der Waals surface area (Å²) in [6.45, 7) is 0. The molecule has 0 saturated carbocycles. The van der Waals surface area contributed by atoms with Crippen LogP contribution in [0.3, 0.4) is 0 Å². The van der Waals surface area contributed by atoms with Crippen molar-refractivity contribution in [2.45, 2.75) is 0 Å². The molecule has 0 amide bonds. The first kappa shape index (κ1) is 18.4. The van der Waals surface area contributed by atoms with Crippen molar-refractivity contribution in [1.29, 1.82) is 0 Å². The van der Waals surface area contributed by atoms with Crippen LogP contribution in [0, 0.1) is 46.5 Å². The van der Waals surface area contributed by atoms with Gasteiger partial charge in [-0.1, -0.05) is 0 Å². The Balaban J connectivity index is 2.39. The monoisotopic (exact) mass is 370 g/mol. The molecule has 2 aromatic rings. The predicted octanol–water partition coefficient (Wildman–Crippen LogP) is 3.80. The molecule has 0 aromatic heterocycles. The van der Waals surface area contributed by atoms with Crippen LogP contribution in [0.4, 0.5) is 35.1 Å². The summed E-state index contributed by atoms with van der Waals surface area (Å²) in [6.07, 6.45) is 0. The molecule has 2 aromatic carbocycles. The highest BCUT2D eigenvalue weighted by atomic mass is 19.2. The van der Waals surface area contributed by atoms with Gasteiger partial charge in [0.15, 0.2) is 46.5 Å². The van der Waals surface area contributed by atoms with Crippen molar-refractivity contribution in [1.82, 2.24) is 0 Å². The first-order valence-electron chi connectivity index (χ1n) is 5.98. The minimum atomic E-state index is -2.40. The van der Waals surface area contributed by atoms with Gasteiger partial charge in [-0.3, -0.25) is 0 Å². The average Bonchev–Trinajstić information content (AvgIpc) is 2.57. The number of rotatable bonds is 2. The summed E-state index contributed by atoms with van der Waals surface area (Å²) in [4.78, 5) is 23.0. The number of benzene rings is 2. The van der Waals surface area contributed by atoms with Crippen molar-refractivity contribution < 1.29 is 49.4 Å². The van der Waals surface area contributed by atoms with Gasteiger partial charge in [0.25, 0.3) is 0 Å². The molecule has 0 fully saturated rings. The molecule has 2 rings (SSSR count). The predicted molar refractivity (Wildman–Crippen MR) is 62.3 cm³/mol. The molecule has 0 heterocycles. The highest BCUT2D eigenvalue weighted by molar-refractivity contribution is 6.02. The van der Waals surface area contributed by atoms with E-state index in [0.29, 0.717) is 0 Å². The van der Waals surface area contributed by atoms with Gasteiger partial charge in [-0.2, -0.15) is 0 Å². The molecule has 132 valence electrons. The largest absolute Gasteiger partial charge is 0.386 e. The number of halogens is 8. The van der Waals surface area contributed by atoms with E-state index in [0.717, 1.165) is 0 Å². The first-order chi connectivity index (χ1) is 11.6. The van der Waals surface area contributed by atoms with Crippen LogP contribution in [0.15, 0.2) is 12.1 Å². The highest BCUT2D eigenvalue weighted by Gasteiger charge is 2.29. The zero-order valence-electron chi connectivity index (χ0n) is 11.4. The standard InChI is InChI=1S/C14H2F8O3/c15-5-1-3(7(17)11(21)9(5)19)13(23)25-14(24)4-2-6(16)10(20)12(22)8(4)18/h1-2H. The van der Waals surface area contributed by atoms with Crippen LogP contribution >= 0.6 is 0 Å². The van der Waals surface area contributed by atoms with E-state index in [9.17, 15) is 44.7 Å². The van der Waals surface area contributed by atoms with E-state index in [4.69, 9.17) is 0 Å². The van der Waals surface area contributed by atoms with Gasteiger partial charge >= 0.3 is 11.9 Å². The number of ether oxygens (including phenoxy) is 1. The van der Waals surface area contributed by atoms with E-state index < -0.39 is 69.6 Å². The van der Waals surface area contributed by atoms with Gasteiger partial charge in [0.1, 0.15) is 11.1 Å². The molecule has 0 aliphatic rings. The molecule has 25 heavy (non-hydrogen) atoms. The van der Waals surface area contributed by atoms with E-state index in [1.807, 2.05) is 0 Å². The van der Waals surface area contributed by atoms with Crippen LogP contribution in [-0.2, 0) is 4.74 Å². The lowest BCUT2D eigenvalue weighted by molar-refractivity contribution is 0.0389. The summed E-state index contributed by atoms with van der Waals surface area (Å²) in [5.74, 6) is -22.0. The topological polar surface area (TPSA) is 43.4 Å².